The molecule has 1 atom stereocenters. The second-order valence-corrected chi connectivity index (χ2v) is 5.78. The van der Waals surface area contributed by atoms with E-state index >= 15 is 0 Å². The molecular weight excluding hydrogens is 312 g/mol. The fraction of sp³-hybridized carbons (Fsp3) is 0.278. The molecule has 0 bridgehead atoms. The van der Waals surface area contributed by atoms with E-state index in [2.05, 4.69) is 10.6 Å². The topological polar surface area (TPSA) is 50.4 Å². The normalized spacial score (nSPS) is 11.8. The lowest BCUT2D eigenvalue weighted by atomic mass is 10.1. The van der Waals surface area contributed by atoms with Crippen LogP contribution in [0.4, 0.5) is 5.69 Å². The number of benzene rings is 2. The van der Waals surface area contributed by atoms with Gasteiger partial charge in [0.25, 0.3) is 0 Å². The maximum absolute atomic E-state index is 12.2. The molecule has 0 aliphatic heterocycles. The quantitative estimate of drug-likeness (QED) is 0.842. The van der Waals surface area contributed by atoms with Gasteiger partial charge in [-0.3, -0.25) is 4.79 Å². The average molecular weight is 333 g/mol. The van der Waals surface area contributed by atoms with Gasteiger partial charge >= 0.3 is 0 Å². The molecule has 0 aliphatic carbocycles. The molecule has 2 rings (SSSR count). The van der Waals surface area contributed by atoms with Crippen LogP contribution in [-0.4, -0.2) is 19.6 Å². The van der Waals surface area contributed by atoms with Crippen molar-refractivity contribution in [2.75, 3.05) is 19.0 Å². The molecule has 122 valence electrons. The Kier molecular flexibility index (Phi) is 6.02. The molecule has 0 saturated heterocycles. The number of ether oxygens (including phenoxy) is 1. The van der Waals surface area contributed by atoms with Crippen molar-refractivity contribution in [1.82, 2.24) is 5.32 Å². The number of anilines is 1. The Labute approximate surface area is 141 Å². The first-order valence-corrected chi connectivity index (χ1v) is 7.81. The summed E-state index contributed by atoms with van der Waals surface area (Å²) in [6, 6.07) is 13.2. The van der Waals surface area contributed by atoms with Gasteiger partial charge in [0.15, 0.2) is 0 Å². The standard InChI is InChI=1S/C18H21ClN2O2/c1-12-8-9-17(23-3)16(10-12)21-18(22)11-20-13(2)14-6-4-5-7-15(14)19/h4-10,13,20H,11H2,1-3H3,(H,21,22). The highest BCUT2D eigenvalue weighted by Gasteiger charge is 2.12. The Hall–Kier alpha value is -2.04. The third kappa shape index (κ3) is 4.71. The smallest absolute Gasteiger partial charge is 0.238 e. The molecule has 1 amide bonds. The first kappa shape index (κ1) is 17.3. The zero-order valence-corrected chi connectivity index (χ0v) is 14.3. The molecule has 0 radical (unpaired) electrons. The maximum atomic E-state index is 12.2. The second-order valence-electron chi connectivity index (χ2n) is 5.38. The van der Waals surface area contributed by atoms with Gasteiger partial charge in [0, 0.05) is 11.1 Å². The summed E-state index contributed by atoms with van der Waals surface area (Å²) >= 11 is 6.16. The zero-order valence-electron chi connectivity index (χ0n) is 13.5. The Morgan fingerprint density at radius 3 is 2.70 bits per heavy atom. The van der Waals surface area contributed by atoms with E-state index in [1.165, 1.54) is 0 Å². The fourth-order valence-electron chi connectivity index (χ4n) is 2.30. The molecule has 0 heterocycles. The van der Waals surface area contributed by atoms with Crippen molar-refractivity contribution in [2.45, 2.75) is 19.9 Å². The van der Waals surface area contributed by atoms with E-state index in [9.17, 15) is 4.79 Å². The molecular formula is C18H21ClN2O2. The molecule has 23 heavy (non-hydrogen) atoms. The van der Waals surface area contributed by atoms with Gasteiger partial charge in [-0.2, -0.15) is 0 Å². The highest BCUT2D eigenvalue weighted by molar-refractivity contribution is 6.31. The van der Waals surface area contributed by atoms with E-state index in [4.69, 9.17) is 16.3 Å². The highest BCUT2D eigenvalue weighted by Crippen LogP contribution is 2.25. The minimum absolute atomic E-state index is 0.0196. The molecule has 0 aromatic heterocycles. The number of halogens is 1. The van der Waals surface area contributed by atoms with Crippen LogP contribution in [0.3, 0.4) is 0 Å². The fourth-order valence-corrected chi connectivity index (χ4v) is 2.60. The third-order valence-electron chi connectivity index (χ3n) is 3.57. The molecule has 0 aliphatic rings. The number of amides is 1. The van der Waals surface area contributed by atoms with Crippen LogP contribution >= 0.6 is 11.6 Å². The average Bonchev–Trinajstić information content (AvgIpc) is 2.53. The van der Waals surface area contributed by atoms with Crippen molar-refractivity contribution in [3.05, 3.63) is 58.6 Å². The van der Waals surface area contributed by atoms with Gasteiger partial charge < -0.3 is 15.4 Å². The molecule has 5 heteroatoms. The molecule has 0 spiro atoms. The largest absolute Gasteiger partial charge is 0.495 e. The lowest BCUT2D eigenvalue weighted by Crippen LogP contribution is -2.30. The molecule has 1 unspecified atom stereocenters. The van der Waals surface area contributed by atoms with E-state index in [0.29, 0.717) is 16.5 Å². The number of methoxy groups -OCH3 is 1. The minimum Gasteiger partial charge on any atom is -0.495 e. The Bertz CT molecular complexity index is 688. The molecule has 4 nitrogen and oxygen atoms in total. The Balaban J connectivity index is 1.95. The summed E-state index contributed by atoms with van der Waals surface area (Å²) in [5, 5.41) is 6.73. The predicted molar refractivity (Wildman–Crippen MR) is 94.2 cm³/mol. The van der Waals surface area contributed by atoms with Crippen LogP contribution in [0.15, 0.2) is 42.5 Å². The van der Waals surface area contributed by atoms with Gasteiger partial charge in [0.05, 0.1) is 19.3 Å². The van der Waals surface area contributed by atoms with E-state index in [0.717, 1.165) is 11.1 Å². The lowest BCUT2D eigenvalue weighted by Gasteiger charge is -2.16. The van der Waals surface area contributed by atoms with E-state index in [1.54, 1.807) is 7.11 Å². The first-order chi connectivity index (χ1) is 11.0. The van der Waals surface area contributed by atoms with E-state index < -0.39 is 0 Å². The summed E-state index contributed by atoms with van der Waals surface area (Å²) in [5.74, 6) is 0.510. The van der Waals surface area contributed by atoms with Crippen molar-refractivity contribution in [2.24, 2.45) is 0 Å². The van der Waals surface area contributed by atoms with Gasteiger partial charge in [-0.05, 0) is 43.2 Å². The van der Waals surface area contributed by atoms with Crippen molar-refractivity contribution >= 4 is 23.2 Å². The van der Waals surface area contributed by atoms with Crippen LogP contribution in [-0.2, 0) is 4.79 Å². The van der Waals surface area contributed by atoms with Crippen LogP contribution in [0.5, 0.6) is 5.75 Å². The molecule has 0 fully saturated rings. The Morgan fingerprint density at radius 1 is 1.26 bits per heavy atom. The number of rotatable bonds is 6. The number of carbonyl (C=O) groups is 1. The van der Waals surface area contributed by atoms with Crippen LogP contribution in [0.25, 0.3) is 0 Å². The van der Waals surface area contributed by atoms with Gasteiger partial charge in [-0.15, -0.1) is 0 Å². The third-order valence-corrected chi connectivity index (χ3v) is 3.91. The molecule has 0 saturated carbocycles. The monoisotopic (exact) mass is 332 g/mol. The van der Waals surface area contributed by atoms with Gasteiger partial charge in [0.1, 0.15) is 5.75 Å². The summed E-state index contributed by atoms with van der Waals surface area (Å²) in [5.41, 5.74) is 2.69. The SMILES string of the molecule is COc1ccc(C)cc1NC(=O)CNC(C)c1ccccc1Cl. The molecule has 2 aromatic carbocycles. The summed E-state index contributed by atoms with van der Waals surface area (Å²) in [6.07, 6.45) is 0. The summed E-state index contributed by atoms with van der Waals surface area (Å²) in [4.78, 5) is 12.2. The summed E-state index contributed by atoms with van der Waals surface area (Å²) < 4.78 is 5.26. The van der Waals surface area contributed by atoms with Crippen molar-refractivity contribution < 1.29 is 9.53 Å². The molecule has 2 aromatic rings. The van der Waals surface area contributed by atoms with Gasteiger partial charge in [0.2, 0.25) is 5.91 Å². The van der Waals surface area contributed by atoms with Crippen LogP contribution in [0, 0.1) is 6.92 Å². The Morgan fingerprint density at radius 2 is 2.00 bits per heavy atom. The predicted octanol–water partition coefficient (Wildman–Crippen LogP) is 3.95. The van der Waals surface area contributed by atoms with E-state index in [1.807, 2.05) is 56.3 Å². The highest BCUT2D eigenvalue weighted by atomic mass is 35.5. The number of aryl methyl sites for hydroxylation is 1. The summed E-state index contributed by atoms with van der Waals surface area (Å²) in [6.45, 7) is 4.12. The number of carbonyl (C=O) groups excluding carboxylic acids is 1. The number of hydrogen-bond donors (Lipinski definition) is 2. The molecule has 2 N–H and O–H groups in total. The van der Waals surface area contributed by atoms with Crippen molar-refractivity contribution in [3.63, 3.8) is 0 Å². The minimum atomic E-state index is -0.132. The van der Waals surface area contributed by atoms with Crippen molar-refractivity contribution in [3.8, 4) is 5.75 Å². The number of nitrogens with one attached hydrogen (secondary N) is 2. The van der Waals surface area contributed by atoms with Crippen molar-refractivity contribution in [1.29, 1.82) is 0 Å². The first-order valence-electron chi connectivity index (χ1n) is 7.43. The van der Waals surface area contributed by atoms with E-state index in [-0.39, 0.29) is 18.5 Å². The van der Waals surface area contributed by atoms with Gasteiger partial charge in [-0.25, -0.2) is 0 Å². The van der Waals surface area contributed by atoms with Gasteiger partial charge in [-0.1, -0.05) is 35.9 Å². The summed E-state index contributed by atoms with van der Waals surface area (Å²) in [7, 11) is 1.58. The maximum Gasteiger partial charge on any atom is 0.238 e. The number of hydrogen-bond acceptors (Lipinski definition) is 3. The van der Waals surface area contributed by atoms with Crippen LogP contribution in [0.2, 0.25) is 5.02 Å². The second kappa shape index (κ2) is 7.99. The van der Waals surface area contributed by atoms with Crippen LogP contribution in [0.1, 0.15) is 24.1 Å². The lowest BCUT2D eigenvalue weighted by molar-refractivity contribution is -0.115. The van der Waals surface area contributed by atoms with Crippen LogP contribution < -0.4 is 15.4 Å². The zero-order chi connectivity index (χ0) is 16.8.